The Morgan fingerprint density at radius 2 is 2.00 bits per heavy atom. The SMILES string of the molecule is CC(c1ccccc1F)N1CCNC2(CCCC2)C1. The van der Waals surface area contributed by atoms with Crippen molar-refractivity contribution in [3.05, 3.63) is 35.6 Å². The first-order valence-electron chi connectivity index (χ1n) is 7.44. The van der Waals surface area contributed by atoms with Crippen LogP contribution in [0.3, 0.4) is 0 Å². The standard InChI is InChI=1S/C16H23FN2/c1-13(14-6-2-3-7-15(14)17)19-11-10-18-16(12-19)8-4-5-9-16/h2-3,6-7,13,18H,4-5,8-12H2,1H3. The van der Waals surface area contributed by atoms with Crippen LogP contribution < -0.4 is 5.32 Å². The molecule has 3 heteroatoms. The smallest absolute Gasteiger partial charge is 0.127 e. The summed E-state index contributed by atoms with van der Waals surface area (Å²) in [7, 11) is 0. The predicted octanol–water partition coefficient (Wildman–Crippen LogP) is 3.10. The molecule has 1 atom stereocenters. The quantitative estimate of drug-likeness (QED) is 0.881. The van der Waals surface area contributed by atoms with Crippen LogP contribution in [-0.2, 0) is 0 Å². The van der Waals surface area contributed by atoms with Crippen LogP contribution in [0.2, 0.25) is 0 Å². The lowest BCUT2D eigenvalue weighted by molar-refractivity contribution is 0.0991. The minimum atomic E-state index is -0.0750. The maximum absolute atomic E-state index is 13.9. The molecule has 2 fully saturated rings. The van der Waals surface area contributed by atoms with Crippen molar-refractivity contribution in [2.75, 3.05) is 19.6 Å². The monoisotopic (exact) mass is 262 g/mol. The molecule has 2 nitrogen and oxygen atoms in total. The molecule has 2 aliphatic rings. The van der Waals surface area contributed by atoms with Crippen LogP contribution in [0.15, 0.2) is 24.3 Å². The van der Waals surface area contributed by atoms with Crippen LogP contribution in [0.5, 0.6) is 0 Å². The van der Waals surface area contributed by atoms with Gasteiger partial charge in [-0.2, -0.15) is 0 Å². The molecule has 1 spiro atoms. The van der Waals surface area contributed by atoms with E-state index in [-0.39, 0.29) is 11.9 Å². The molecule has 1 saturated heterocycles. The Morgan fingerprint density at radius 1 is 1.26 bits per heavy atom. The van der Waals surface area contributed by atoms with Crippen LogP contribution in [0.1, 0.15) is 44.2 Å². The lowest BCUT2D eigenvalue weighted by Gasteiger charge is -2.44. The van der Waals surface area contributed by atoms with Gasteiger partial charge < -0.3 is 5.32 Å². The zero-order valence-corrected chi connectivity index (χ0v) is 11.7. The number of benzene rings is 1. The van der Waals surface area contributed by atoms with Crippen molar-refractivity contribution in [2.24, 2.45) is 0 Å². The van der Waals surface area contributed by atoms with Crippen LogP contribution in [0.4, 0.5) is 4.39 Å². The minimum Gasteiger partial charge on any atom is -0.309 e. The Morgan fingerprint density at radius 3 is 2.74 bits per heavy atom. The highest BCUT2D eigenvalue weighted by molar-refractivity contribution is 5.21. The lowest BCUT2D eigenvalue weighted by Crippen LogP contribution is -2.59. The number of hydrogen-bond acceptors (Lipinski definition) is 2. The van der Waals surface area contributed by atoms with Crippen molar-refractivity contribution in [1.82, 2.24) is 10.2 Å². The first kappa shape index (κ1) is 13.1. The van der Waals surface area contributed by atoms with Crippen molar-refractivity contribution in [2.45, 2.75) is 44.2 Å². The summed E-state index contributed by atoms with van der Waals surface area (Å²) in [4.78, 5) is 2.44. The molecule has 0 bridgehead atoms. The Kier molecular flexibility index (Phi) is 3.59. The highest BCUT2D eigenvalue weighted by Crippen LogP contribution is 2.34. The first-order chi connectivity index (χ1) is 9.20. The number of piperazine rings is 1. The van der Waals surface area contributed by atoms with Crippen molar-refractivity contribution in [3.63, 3.8) is 0 Å². The average Bonchev–Trinajstić information content (AvgIpc) is 2.86. The molecule has 104 valence electrons. The summed E-state index contributed by atoms with van der Waals surface area (Å²) < 4.78 is 13.9. The van der Waals surface area contributed by atoms with Gasteiger partial charge >= 0.3 is 0 Å². The molecule has 1 saturated carbocycles. The van der Waals surface area contributed by atoms with Gasteiger partial charge in [-0.05, 0) is 25.8 Å². The zero-order valence-electron chi connectivity index (χ0n) is 11.7. The number of hydrogen-bond donors (Lipinski definition) is 1. The van der Waals surface area contributed by atoms with Gasteiger partial charge in [-0.1, -0.05) is 31.0 Å². The topological polar surface area (TPSA) is 15.3 Å². The van der Waals surface area contributed by atoms with Gasteiger partial charge in [0.2, 0.25) is 0 Å². The predicted molar refractivity (Wildman–Crippen MR) is 75.6 cm³/mol. The van der Waals surface area contributed by atoms with Gasteiger partial charge in [-0.3, -0.25) is 4.90 Å². The van der Waals surface area contributed by atoms with E-state index in [0.29, 0.717) is 5.54 Å². The maximum atomic E-state index is 13.9. The molecule has 19 heavy (non-hydrogen) atoms. The van der Waals surface area contributed by atoms with Crippen LogP contribution in [0.25, 0.3) is 0 Å². The fraction of sp³-hybridized carbons (Fsp3) is 0.625. The second-order valence-corrected chi connectivity index (χ2v) is 6.08. The highest BCUT2D eigenvalue weighted by Gasteiger charge is 2.39. The van der Waals surface area contributed by atoms with Crippen LogP contribution in [0, 0.1) is 5.82 Å². The Balaban J connectivity index is 1.76. The summed E-state index contributed by atoms with van der Waals surface area (Å²) in [5.74, 6) is -0.0750. The zero-order chi connectivity index (χ0) is 13.3. The van der Waals surface area contributed by atoms with Gasteiger partial charge in [0.05, 0.1) is 0 Å². The van der Waals surface area contributed by atoms with Gasteiger partial charge in [-0.15, -0.1) is 0 Å². The van der Waals surface area contributed by atoms with E-state index in [0.717, 1.165) is 25.2 Å². The summed E-state index contributed by atoms with van der Waals surface area (Å²) in [5.41, 5.74) is 1.13. The molecule has 1 aliphatic heterocycles. The molecular weight excluding hydrogens is 239 g/mol. The average molecular weight is 262 g/mol. The van der Waals surface area contributed by atoms with E-state index in [2.05, 4.69) is 17.1 Å². The van der Waals surface area contributed by atoms with E-state index in [9.17, 15) is 4.39 Å². The highest BCUT2D eigenvalue weighted by atomic mass is 19.1. The molecule has 1 heterocycles. The van der Waals surface area contributed by atoms with Crippen LogP contribution in [-0.4, -0.2) is 30.1 Å². The normalized spacial score (nSPS) is 24.7. The fourth-order valence-electron chi connectivity index (χ4n) is 3.72. The Labute approximate surface area is 115 Å². The molecule has 0 radical (unpaired) electrons. The molecule has 3 rings (SSSR count). The van der Waals surface area contributed by atoms with Crippen molar-refractivity contribution in [1.29, 1.82) is 0 Å². The van der Waals surface area contributed by atoms with Crippen molar-refractivity contribution < 1.29 is 4.39 Å². The first-order valence-corrected chi connectivity index (χ1v) is 7.44. The number of nitrogens with zero attached hydrogens (tertiary/aromatic N) is 1. The second-order valence-electron chi connectivity index (χ2n) is 6.08. The lowest BCUT2D eigenvalue weighted by atomic mass is 9.92. The van der Waals surface area contributed by atoms with E-state index in [1.54, 1.807) is 12.1 Å². The number of nitrogens with one attached hydrogen (secondary N) is 1. The maximum Gasteiger partial charge on any atom is 0.127 e. The van der Waals surface area contributed by atoms with Gasteiger partial charge in [0.15, 0.2) is 0 Å². The minimum absolute atomic E-state index is 0.0750. The summed E-state index contributed by atoms with van der Waals surface area (Å²) in [6.45, 7) is 5.23. The molecule has 1 aliphatic carbocycles. The summed E-state index contributed by atoms with van der Waals surface area (Å²) >= 11 is 0. The molecule has 1 aromatic carbocycles. The number of rotatable bonds is 2. The van der Waals surface area contributed by atoms with E-state index >= 15 is 0 Å². The Hall–Kier alpha value is -0.930. The molecule has 0 amide bonds. The molecule has 1 N–H and O–H groups in total. The van der Waals surface area contributed by atoms with E-state index in [1.807, 2.05) is 12.1 Å². The summed E-state index contributed by atoms with van der Waals surface area (Å²) in [6.07, 6.45) is 5.20. The van der Waals surface area contributed by atoms with E-state index in [4.69, 9.17) is 0 Å². The Bertz CT molecular complexity index is 440. The summed E-state index contributed by atoms with van der Waals surface area (Å²) in [6, 6.07) is 7.35. The second kappa shape index (κ2) is 5.22. The van der Waals surface area contributed by atoms with Crippen molar-refractivity contribution >= 4 is 0 Å². The molecule has 0 aromatic heterocycles. The summed E-state index contributed by atoms with van der Waals surface area (Å²) in [5, 5.41) is 3.71. The van der Waals surface area contributed by atoms with Gasteiger partial charge in [-0.25, -0.2) is 4.39 Å². The third-order valence-electron chi connectivity index (χ3n) is 4.87. The third kappa shape index (κ3) is 2.54. The molecular formula is C16H23FN2. The number of halogens is 1. The van der Waals surface area contributed by atoms with Gasteiger partial charge in [0, 0.05) is 36.8 Å². The van der Waals surface area contributed by atoms with Gasteiger partial charge in [0.25, 0.3) is 0 Å². The van der Waals surface area contributed by atoms with Crippen LogP contribution >= 0.6 is 0 Å². The van der Waals surface area contributed by atoms with E-state index < -0.39 is 0 Å². The van der Waals surface area contributed by atoms with Gasteiger partial charge in [0.1, 0.15) is 5.82 Å². The third-order valence-corrected chi connectivity index (χ3v) is 4.87. The van der Waals surface area contributed by atoms with Crippen molar-refractivity contribution in [3.8, 4) is 0 Å². The largest absolute Gasteiger partial charge is 0.309 e. The fourth-order valence-corrected chi connectivity index (χ4v) is 3.72. The van der Waals surface area contributed by atoms with E-state index in [1.165, 1.54) is 25.7 Å². The molecule has 1 aromatic rings. The molecule has 1 unspecified atom stereocenters.